The summed E-state index contributed by atoms with van der Waals surface area (Å²) in [5, 5.41) is 3.75. The van der Waals surface area contributed by atoms with Crippen LogP contribution in [0.5, 0.6) is 0 Å². The van der Waals surface area contributed by atoms with E-state index in [-0.39, 0.29) is 0 Å². The maximum Gasteiger partial charge on any atom is 0.129 e. The first-order valence-corrected chi connectivity index (χ1v) is 11.1. The van der Waals surface area contributed by atoms with E-state index in [1.165, 1.54) is 71.1 Å². The molecular weight excluding hydrogens is 392 g/mol. The van der Waals surface area contributed by atoms with Crippen molar-refractivity contribution in [2.24, 2.45) is 0 Å². The number of benzene rings is 1. The van der Waals surface area contributed by atoms with E-state index in [1.807, 2.05) is 11.3 Å². The molecule has 2 aromatic heterocycles. The Morgan fingerprint density at radius 3 is 3.04 bits per heavy atom. The van der Waals surface area contributed by atoms with E-state index in [1.54, 1.807) is 16.2 Å². The van der Waals surface area contributed by atoms with Crippen LogP contribution in [0.3, 0.4) is 0 Å². The Bertz CT molecular complexity index is 935. The topological polar surface area (TPSA) is 9.37 Å². The number of nitrogens with one attached hydrogen (secondary N) is 1. The van der Waals surface area contributed by atoms with Gasteiger partial charge in [0.2, 0.25) is 0 Å². The lowest BCUT2D eigenvalue weighted by molar-refractivity contribution is -0.945. The summed E-state index contributed by atoms with van der Waals surface area (Å²) in [5.74, 6) is 0. The minimum atomic E-state index is 0.667. The van der Waals surface area contributed by atoms with E-state index in [9.17, 15) is 0 Å². The first-order valence-electron chi connectivity index (χ1n) is 9.40. The van der Waals surface area contributed by atoms with Crippen LogP contribution in [0.2, 0.25) is 0 Å². The van der Waals surface area contributed by atoms with Gasteiger partial charge in [-0.25, -0.2) is 0 Å². The molecule has 1 aliphatic heterocycles. The van der Waals surface area contributed by atoms with Crippen LogP contribution in [0.4, 0.5) is 0 Å². The molecule has 2 atom stereocenters. The average Bonchev–Trinajstić information content (AvgIpc) is 3.09. The third-order valence-corrected chi connectivity index (χ3v) is 7.71. The Labute approximate surface area is 161 Å². The molecule has 25 heavy (non-hydrogen) atoms. The van der Waals surface area contributed by atoms with Gasteiger partial charge >= 0.3 is 0 Å². The second-order valence-electron chi connectivity index (χ2n) is 7.65. The fourth-order valence-corrected chi connectivity index (χ4v) is 6.50. The number of quaternary nitrogens is 1. The third-order valence-electron chi connectivity index (χ3n) is 6.01. The molecule has 0 radical (unpaired) electrons. The van der Waals surface area contributed by atoms with Gasteiger partial charge in [-0.15, -0.1) is 11.3 Å². The van der Waals surface area contributed by atoms with Crippen LogP contribution < -0.4 is 4.90 Å². The second-order valence-corrected chi connectivity index (χ2v) is 9.56. The van der Waals surface area contributed by atoms with Crippen LogP contribution in [-0.2, 0) is 19.5 Å². The summed E-state index contributed by atoms with van der Waals surface area (Å²) >= 11 is 5.52. The molecule has 3 aromatic rings. The van der Waals surface area contributed by atoms with Crippen LogP contribution in [0.15, 0.2) is 34.1 Å². The van der Waals surface area contributed by atoms with Gasteiger partial charge in [0.1, 0.15) is 12.6 Å². The Morgan fingerprint density at radius 2 is 2.20 bits per heavy atom. The fourth-order valence-electron chi connectivity index (χ4n) is 5.00. The van der Waals surface area contributed by atoms with Crippen molar-refractivity contribution in [3.05, 3.63) is 55.8 Å². The van der Waals surface area contributed by atoms with Gasteiger partial charge < -0.3 is 9.47 Å². The number of hydrogen-bond donors (Lipinski definition) is 1. The molecule has 2 nitrogen and oxygen atoms in total. The quantitative estimate of drug-likeness (QED) is 0.624. The predicted octanol–water partition coefficient (Wildman–Crippen LogP) is 4.64. The number of fused-ring (bicyclic) bond motifs is 3. The summed E-state index contributed by atoms with van der Waals surface area (Å²) in [7, 11) is 0. The maximum atomic E-state index is 3.62. The standard InChI is InChI=1S/C21H23BrN2S/c1-14-6-7-19-18(10-14)17-4-2-5-20-21(17)24(19)9-3-8-23(20)12-16-11-15(22)13-25-16/h6-7,10-11,13,20H,2-5,8-9,12H2,1H3/p+1/t20-/m0/s1. The molecule has 0 bridgehead atoms. The highest BCUT2D eigenvalue weighted by molar-refractivity contribution is 9.10. The smallest absolute Gasteiger partial charge is 0.129 e. The van der Waals surface area contributed by atoms with Crippen molar-refractivity contribution in [2.75, 3.05) is 6.54 Å². The molecule has 0 saturated heterocycles. The second kappa shape index (κ2) is 6.26. The molecule has 3 heterocycles. The van der Waals surface area contributed by atoms with Crippen LogP contribution >= 0.6 is 27.3 Å². The molecular formula is C21H24BrN2S+. The van der Waals surface area contributed by atoms with E-state index in [4.69, 9.17) is 0 Å². The molecule has 5 rings (SSSR count). The van der Waals surface area contributed by atoms with Gasteiger partial charge in [0.15, 0.2) is 0 Å². The van der Waals surface area contributed by atoms with Crippen molar-refractivity contribution in [1.29, 1.82) is 0 Å². The summed E-state index contributed by atoms with van der Waals surface area (Å²) in [6.07, 6.45) is 5.21. The largest absolute Gasteiger partial charge is 0.339 e. The lowest BCUT2D eigenvalue weighted by atomic mass is 9.90. The zero-order valence-corrected chi connectivity index (χ0v) is 17.0. The Balaban J connectivity index is 1.61. The Hall–Kier alpha value is -1.10. The fraction of sp³-hybridized carbons (Fsp3) is 0.429. The van der Waals surface area contributed by atoms with Crippen molar-refractivity contribution in [3.63, 3.8) is 0 Å². The number of halogens is 1. The number of hydrogen-bond acceptors (Lipinski definition) is 1. The van der Waals surface area contributed by atoms with Crippen molar-refractivity contribution in [2.45, 2.75) is 51.7 Å². The van der Waals surface area contributed by atoms with Gasteiger partial charge in [-0.05, 0) is 59.5 Å². The van der Waals surface area contributed by atoms with Crippen LogP contribution in [0.1, 0.15) is 47.0 Å². The third kappa shape index (κ3) is 2.70. The summed E-state index contributed by atoms with van der Waals surface area (Å²) in [5.41, 5.74) is 6.18. The zero-order valence-electron chi connectivity index (χ0n) is 14.6. The van der Waals surface area contributed by atoms with Crippen molar-refractivity contribution in [1.82, 2.24) is 4.57 Å². The van der Waals surface area contributed by atoms with E-state index in [0.717, 1.165) is 0 Å². The highest BCUT2D eigenvalue weighted by Crippen LogP contribution is 2.37. The molecule has 0 amide bonds. The lowest BCUT2D eigenvalue weighted by Crippen LogP contribution is -3.11. The SMILES string of the molecule is Cc1ccc2c(c1)c1c3n2CCC[NH+](Cc2cc(Br)cs2)[C@H]3CCC1. The first-order chi connectivity index (χ1) is 12.2. The molecule has 0 spiro atoms. The molecule has 2 aliphatic rings. The first kappa shape index (κ1) is 16.1. The molecule has 1 unspecified atom stereocenters. The Morgan fingerprint density at radius 1 is 1.28 bits per heavy atom. The zero-order chi connectivity index (χ0) is 17.0. The molecule has 1 N–H and O–H groups in total. The van der Waals surface area contributed by atoms with Gasteiger partial charge in [0.25, 0.3) is 0 Å². The van der Waals surface area contributed by atoms with Crippen molar-refractivity contribution in [3.8, 4) is 0 Å². The average molecular weight is 416 g/mol. The molecule has 1 aliphatic carbocycles. The van der Waals surface area contributed by atoms with Gasteiger partial charge in [-0.1, -0.05) is 11.6 Å². The maximum absolute atomic E-state index is 3.62. The van der Waals surface area contributed by atoms with Crippen molar-refractivity contribution >= 4 is 38.2 Å². The summed E-state index contributed by atoms with van der Waals surface area (Å²) in [6.45, 7) is 5.86. The number of thiophene rings is 1. The number of aryl methyl sites for hydroxylation is 3. The van der Waals surface area contributed by atoms with E-state index >= 15 is 0 Å². The van der Waals surface area contributed by atoms with E-state index in [0.29, 0.717) is 6.04 Å². The highest BCUT2D eigenvalue weighted by Gasteiger charge is 2.36. The normalized spacial score (nSPS) is 22.8. The molecule has 0 fully saturated rings. The summed E-state index contributed by atoms with van der Waals surface area (Å²) in [6, 6.07) is 10.0. The summed E-state index contributed by atoms with van der Waals surface area (Å²) in [4.78, 5) is 3.28. The molecule has 0 saturated carbocycles. The number of rotatable bonds is 2. The summed E-state index contributed by atoms with van der Waals surface area (Å²) < 4.78 is 3.90. The lowest BCUT2D eigenvalue weighted by Gasteiger charge is -2.30. The highest BCUT2D eigenvalue weighted by atomic mass is 79.9. The van der Waals surface area contributed by atoms with E-state index < -0.39 is 0 Å². The monoisotopic (exact) mass is 415 g/mol. The van der Waals surface area contributed by atoms with Crippen LogP contribution in [-0.4, -0.2) is 11.1 Å². The number of aromatic nitrogens is 1. The molecule has 4 heteroatoms. The van der Waals surface area contributed by atoms with Gasteiger partial charge in [0, 0.05) is 40.1 Å². The van der Waals surface area contributed by atoms with Crippen LogP contribution in [0, 0.1) is 6.92 Å². The number of nitrogens with zero attached hydrogens (tertiary/aromatic N) is 1. The molecule has 130 valence electrons. The van der Waals surface area contributed by atoms with Gasteiger partial charge in [0.05, 0.1) is 17.1 Å². The van der Waals surface area contributed by atoms with Gasteiger partial charge in [-0.3, -0.25) is 0 Å². The van der Waals surface area contributed by atoms with Crippen molar-refractivity contribution < 1.29 is 4.90 Å². The van der Waals surface area contributed by atoms with Gasteiger partial charge in [-0.2, -0.15) is 0 Å². The molecule has 1 aromatic carbocycles. The Kier molecular flexibility index (Phi) is 4.03. The minimum Gasteiger partial charge on any atom is -0.339 e. The van der Waals surface area contributed by atoms with E-state index in [2.05, 4.69) is 57.1 Å². The minimum absolute atomic E-state index is 0.667. The predicted molar refractivity (Wildman–Crippen MR) is 109 cm³/mol. The van der Waals surface area contributed by atoms with Crippen LogP contribution in [0.25, 0.3) is 10.9 Å².